The van der Waals surface area contributed by atoms with Gasteiger partial charge in [0, 0.05) is 35.8 Å². The fraction of sp³-hybridized carbons (Fsp3) is 0.333. The van der Waals surface area contributed by atoms with Crippen LogP contribution in [0.3, 0.4) is 0 Å². The Labute approximate surface area is 284 Å². The number of benzene rings is 3. The summed E-state index contributed by atoms with van der Waals surface area (Å²) in [6, 6.07) is 18.8. The Morgan fingerprint density at radius 1 is 1.06 bits per heavy atom. The van der Waals surface area contributed by atoms with Gasteiger partial charge in [-0.1, -0.05) is 62.0 Å². The zero-order valence-corrected chi connectivity index (χ0v) is 29.0. The molecule has 1 fully saturated rings. The number of anilines is 2. The molecule has 0 radical (unpaired) electrons. The zero-order chi connectivity index (χ0) is 35.2. The first-order chi connectivity index (χ1) is 22.7. The SMILES string of the molecule is C=N/C(=N\N(C)c1ccc(OC(F)(F)F)cc1)c1ccc(/C(C)=C(\C)NC(=O)N=C2SCCC(C)N2c2cccc(C)c2C(C)C)cc1. The van der Waals surface area contributed by atoms with E-state index in [0.717, 1.165) is 29.0 Å². The lowest BCUT2D eigenvalue weighted by atomic mass is 9.95. The van der Waals surface area contributed by atoms with Gasteiger partial charge in [-0.2, -0.15) is 10.1 Å². The smallest absolute Gasteiger partial charge is 0.406 e. The lowest BCUT2D eigenvalue weighted by Gasteiger charge is -2.37. The summed E-state index contributed by atoms with van der Waals surface area (Å²) in [5.41, 5.74) is 7.19. The highest BCUT2D eigenvalue weighted by Gasteiger charge is 2.31. The van der Waals surface area contributed by atoms with Crippen molar-refractivity contribution in [3.8, 4) is 5.75 Å². The lowest BCUT2D eigenvalue weighted by Crippen LogP contribution is -2.42. The van der Waals surface area contributed by atoms with E-state index in [1.165, 1.54) is 40.4 Å². The van der Waals surface area contributed by atoms with E-state index in [4.69, 9.17) is 0 Å². The summed E-state index contributed by atoms with van der Waals surface area (Å²) in [5, 5.41) is 9.59. The molecule has 3 aromatic rings. The van der Waals surface area contributed by atoms with Crippen LogP contribution in [0.2, 0.25) is 0 Å². The van der Waals surface area contributed by atoms with Gasteiger partial charge in [0.25, 0.3) is 0 Å². The maximum Gasteiger partial charge on any atom is 0.573 e. The van der Waals surface area contributed by atoms with Crippen molar-refractivity contribution >= 4 is 52.5 Å². The minimum Gasteiger partial charge on any atom is -0.406 e. The highest BCUT2D eigenvalue weighted by molar-refractivity contribution is 8.14. The minimum atomic E-state index is -4.77. The van der Waals surface area contributed by atoms with Crippen LogP contribution < -0.4 is 20.0 Å². The number of hydrogen-bond acceptors (Lipinski definition) is 5. The van der Waals surface area contributed by atoms with E-state index < -0.39 is 12.4 Å². The van der Waals surface area contributed by atoms with Crippen molar-refractivity contribution in [2.75, 3.05) is 22.7 Å². The maximum absolute atomic E-state index is 13.2. The number of allylic oxidation sites excluding steroid dienone is 2. The first kappa shape index (κ1) is 36.3. The predicted octanol–water partition coefficient (Wildman–Crippen LogP) is 9.36. The van der Waals surface area contributed by atoms with E-state index in [2.05, 4.69) is 82.7 Å². The van der Waals surface area contributed by atoms with Crippen molar-refractivity contribution in [1.82, 2.24) is 5.32 Å². The van der Waals surface area contributed by atoms with Gasteiger partial charge in [0.1, 0.15) is 5.75 Å². The number of amides is 2. The maximum atomic E-state index is 13.2. The number of nitrogens with zero attached hydrogens (tertiary/aromatic N) is 5. The third-order valence-electron chi connectivity index (χ3n) is 8.02. The van der Waals surface area contributed by atoms with Gasteiger partial charge in [-0.15, -0.1) is 13.2 Å². The molecule has 12 heteroatoms. The predicted molar refractivity (Wildman–Crippen MR) is 193 cm³/mol. The van der Waals surface area contributed by atoms with E-state index in [1.54, 1.807) is 18.8 Å². The number of carbonyl (C=O) groups is 1. The molecule has 0 spiro atoms. The van der Waals surface area contributed by atoms with E-state index in [1.807, 2.05) is 38.1 Å². The highest BCUT2D eigenvalue weighted by Crippen LogP contribution is 2.36. The van der Waals surface area contributed by atoms with Crippen molar-refractivity contribution in [2.24, 2.45) is 15.1 Å². The molecule has 3 aromatic carbocycles. The number of rotatable bonds is 8. The summed E-state index contributed by atoms with van der Waals surface area (Å²) in [5.74, 6) is 1.20. The monoisotopic (exact) mass is 678 g/mol. The van der Waals surface area contributed by atoms with Crippen LogP contribution in [0.1, 0.15) is 69.2 Å². The largest absolute Gasteiger partial charge is 0.573 e. The molecule has 1 aliphatic heterocycles. The molecule has 2 amide bonds. The van der Waals surface area contributed by atoms with Crippen LogP contribution in [-0.4, -0.2) is 49.0 Å². The first-order valence-corrected chi connectivity index (χ1v) is 16.5. The molecule has 0 saturated carbocycles. The number of alkyl halides is 3. The Morgan fingerprint density at radius 3 is 2.31 bits per heavy atom. The van der Waals surface area contributed by atoms with E-state index in [0.29, 0.717) is 33.9 Å². The van der Waals surface area contributed by atoms with Crippen LogP contribution in [0, 0.1) is 6.92 Å². The second-order valence-electron chi connectivity index (χ2n) is 11.8. The van der Waals surface area contributed by atoms with Gasteiger partial charge >= 0.3 is 12.4 Å². The molecule has 0 aromatic heterocycles. The number of aryl methyl sites for hydroxylation is 1. The summed E-state index contributed by atoms with van der Waals surface area (Å²) in [7, 11) is 1.65. The number of hydrazone groups is 1. The van der Waals surface area contributed by atoms with Crippen molar-refractivity contribution in [3.05, 3.63) is 94.7 Å². The van der Waals surface area contributed by atoms with E-state index in [-0.39, 0.29) is 11.8 Å². The average Bonchev–Trinajstić information content (AvgIpc) is 3.02. The second-order valence-corrected chi connectivity index (χ2v) is 12.9. The number of ether oxygens (including phenoxy) is 1. The molecule has 1 saturated heterocycles. The van der Waals surface area contributed by atoms with Crippen molar-refractivity contribution in [1.29, 1.82) is 0 Å². The van der Waals surface area contributed by atoms with Crippen LogP contribution in [0.4, 0.5) is 29.3 Å². The zero-order valence-electron chi connectivity index (χ0n) is 28.2. The molecule has 254 valence electrons. The first-order valence-electron chi connectivity index (χ1n) is 15.5. The summed E-state index contributed by atoms with van der Waals surface area (Å²) in [4.78, 5) is 24.0. The van der Waals surface area contributed by atoms with Gasteiger partial charge in [0.05, 0.1) is 5.69 Å². The molecule has 4 rings (SSSR count). The number of carbonyl (C=O) groups excluding carboxylic acids is 1. The quantitative estimate of drug-likeness (QED) is 0.146. The van der Waals surface area contributed by atoms with Gasteiger partial charge in [0.2, 0.25) is 0 Å². The van der Waals surface area contributed by atoms with Crippen molar-refractivity contribution in [2.45, 2.75) is 66.3 Å². The number of thioether (sulfide) groups is 1. The van der Waals surface area contributed by atoms with E-state index in [9.17, 15) is 18.0 Å². The van der Waals surface area contributed by atoms with Gasteiger partial charge in [0.15, 0.2) is 11.0 Å². The lowest BCUT2D eigenvalue weighted by molar-refractivity contribution is -0.274. The third kappa shape index (κ3) is 9.06. The summed E-state index contributed by atoms with van der Waals surface area (Å²) >= 11 is 1.59. The second kappa shape index (κ2) is 15.5. The molecule has 1 heterocycles. The Hall–Kier alpha value is -4.58. The van der Waals surface area contributed by atoms with Gasteiger partial charge in [-0.05, 0) is 99.3 Å². The van der Waals surface area contributed by atoms with Crippen molar-refractivity contribution in [3.63, 3.8) is 0 Å². The summed E-state index contributed by atoms with van der Waals surface area (Å²) in [6.07, 6.45) is -3.78. The molecular weight excluding hydrogens is 637 g/mol. The molecule has 1 N–H and O–H groups in total. The summed E-state index contributed by atoms with van der Waals surface area (Å²) in [6.45, 7) is 16.0. The molecule has 48 heavy (non-hydrogen) atoms. The molecule has 8 nitrogen and oxygen atoms in total. The number of urea groups is 1. The van der Waals surface area contributed by atoms with E-state index >= 15 is 0 Å². The number of amidine groups is 2. The van der Waals surface area contributed by atoms with Crippen LogP contribution in [0.25, 0.3) is 5.57 Å². The number of hydrogen-bond donors (Lipinski definition) is 1. The molecule has 1 unspecified atom stereocenters. The standard InChI is InChI=1S/C36H41F3N6O2S/c1-22(2)32-23(3)10-9-11-31(32)45-24(4)20-21-48-35(45)42-34(46)41-26(6)25(5)27-12-14-28(15-13-27)33(40-7)43-44(8)29-16-18-30(19-17-29)47-36(37,38)39/h9-19,22,24H,7,20-21H2,1-6,8H3,(H,41,46)/b26-25+,42-35?,43-33-. The van der Waals surface area contributed by atoms with Crippen LogP contribution >= 0.6 is 11.8 Å². The number of halogens is 3. The number of nitrogens with one attached hydrogen (secondary N) is 1. The molecular formula is C36H41F3N6O2S. The van der Waals surface area contributed by atoms with Crippen molar-refractivity contribution < 1.29 is 22.7 Å². The molecule has 1 atom stereocenters. The van der Waals surface area contributed by atoms with Crippen LogP contribution in [0.5, 0.6) is 5.75 Å². The van der Waals surface area contributed by atoms with Gasteiger partial charge in [-0.3, -0.25) is 5.01 Å². The Morgan fingerprint density at radius 2 is 1.71 bits per heavy atom. The molecule has 0 bridgehead atoms. The van der Waals surface area contributed by atoms with Gasteiger partial charge in [-0.25, -0.2) is 9.79 Å². The Kier molecular flexibility index (Phi) is 11.7. The summed E-state index contributed by atoms with van der Waals surface area (Å²) < 4.78 is 41.4. The topological polar surface area (TPSA) is 81.9 Å². The number of aliphatic imine (C=N–C) groups is 2. The third-order valence-corrected chi connectivity index (χ3v) is 9.01. The molecule has 0 aliphatic carbocycles. The highest BCUT2D eigenvalue weighted by atomic mass is 32.2. The Bertz CT molecular complexity index is 1720. The van der Waals surface area contributed by atoms with Crippen LogP contribution in [-0.2, 0) is 0 Å². The average molecular weight is 679 g/mol. The normalized spacial score (nSPS) is 16.9. The van der Waals surface area contributed by atoms with Gasteiger partial charge < -0.3 is 15.0 Å². The molecule has 1 aliphatic rings. The fourth-order valence-electron chi connectivity index (χ4n) is 5.46. The van der Waals surface area contributed by atoms with Crippen LogP contribution in [0.15, 0.2) is 87.5 Å². The minimum absolute atomic E-state index is 0.200. The Balaban J connectivity index is 1.50. The fourth-order valence-corrected chi connectivity index (χ4v) is 6.67.